The second-order valence-electron chi connectivity index (χ2n) is 5.61. The van der Waals surface area contributed by atoms with Gasteiger partial charge in [-0.3, -0.25) is 0 Å². The van der Waals surface area contributed by atoms with Gasteiger partial charge in [0.2, 0.25) is 0 Å². The molecule has 1 aliphatic carbocycles. The van der Waals surface area contributed by atoms with Gasteiger partial charge in [-0.25, -0.2) is 0 Å². The van der Waals surface area contributed by atoms with Crippen molar-refractivity contribution in [3.8, 4) is 5.75 Å². The van der Waals surface area contributed by atoms with Crippen LogP contribution in [0.1, 0.15) is 37.7 Å². The summed E-state index contributed by atoms with van der Waals surface area (Å²) in [5, 5.41) is 3.51. The largest absolute Gasteiger partial charge is 0.497 e. The highest BCUT2D eigenvalue weighted by molar-refractivity contribution is 5.27. The zero-order chi connectivity index (χ0) is 14.0. The number of methoxy groups -OCH3 is 1. The Morgan fingerprint density at radius 2 is 2.05 bits per heavy atom. The van der Waals surface area contributed by atoms with Crippen LogP contribution in [0.5, 0.6) is 5.75 Å². The standard InChI is InChI=1S/C17H27NO2/c1-19-17-9-5-8-16(12-17)14-20-11-10-18-13-15-6-3-2-4-7-15/h5,8-9,12,15,18H,2-4,6-7,10-11,13-14H2,1H3. The summed E-state index contributed by atoms with van der Waals surface area (Å²) in [7, 11) is 1.69. The van der Waals surface area contributed by atoms with E-state index in [2.05, 4.69) is 11.4 Å². The van der Waals surface area contributed by atoms with E-state index < -0.39 is 0 Å². The van der Waals surface area contributed by atoms with Gasteiger partial charge in [-0.1, -0.05) is 31.4 Å². The van der Waals surface area contributed by atoms with Crippen LogP contribution in [0, 0.1) is 5.92 Å². The number of hydrogen-bond acceptors (Lipinski definition) is 3. The van der Waals surface area contributed by atoms with Gasteiger partial charge in [0.25, 0.3) is 0 Å². The maximum absolute atomic E-state index is 5.69. The van der Waals surface area contributed by atoms with Crippen molar-refractivity contribution in [2.24, 2.45) is 5.92 Å². The third-order valence-corrected chi connectivity index (χ3v) is 3.98. The van der Waals surface area contributed by atoms with Crippen molar-refractivity contribution in [1.82, 2.24) is 5.32 Å². The summed E-state index contributed by atoms with van der Waals surface area (Å²) >= 11 is 0. The predicted molar refractivity (Wildman–Crippen MR) is 82.1 cm³/mol. The van der Waals surface area contributed by atoms with Crippen LogP contribution < -0.4 is 10.1 Å². The van der Waals surface area contributed by atoms with E-state index in [9.17, 15) is 0 Å². The summed E-state index contributed by atoms with van der Waals surface area (Å²) < 4.78 is 10.9. The third-order valence-electron chi connectivity index (χ3n) is 3.98. The van der Waals surface area contributed by atoms with E-state index in [-0.39, 0.29) is 0 Å². The molecule has 0 heterocycles. The molecule has 1 N–H and O–H groups in total. The molecule has 1 aromatic rings. The van der Waals surface area contributed by atoms with Crippen LogP contribution in [-0.2, 0) is 11.3 Å². The third kappa shape index (κ3) is 5.51. The van der Waals surface area contributed by atoms with Crippen LogP contribution >= 0.6 is 0 Å². The summed E-state index contributed by atoms with van der Waals surface area (Å²) in [4.78, 5) is 0. The van der Waals surface area contributed by atoms with Crippen molar-refractivity contribution in [3.63, 3.8) is 0 Å². The first kappa shape index (κ1) is 15.3. The van der Waals surface area contributed by atoms with Gasteiger partial charge in [0.1, 0.15) is 5.75 Å². The van der Waals surface area contributed by atoms with Crippen LogP contribution in [0.4, 0.5) is 0 Å². The zero-order valence-corrected chi connectivity index (χ0v) is 12.6. The highest BCUT2D eigenvalue weighted by Crippen LogP contribution is 2.22. The lowest BCUT2D eigenvalue weighted by Crippen LogP contribution is -2.27. The quantitative estimate of drug-likeness (QED) is 0.739. The van der Waals surface area contributed by atoms with E-state index in [1.54, 1.807) is 7.11 Å². The molecule has 1 saturated carbocycles. The monoisotopic (exact) mass is 277 g/mol. The molecule has 3 nitrogen and oxygen atoms in total. The van der Waals surface area contributed by atoms with E-state index in [0.717, 1.165) is 36.9 Å². The number of hydrogen-bond donors (Lipinski definition) is 1. The molecule has 0 radical (unpaired) electrons. The molecule has 0 saturated heterocycles. The average Bonchev–Trinajstić information content (AvgIpc) is 2.52. The van der Waals surface area contributed by atoms with Gasteiger partial charge < -0.3 is 14.8 Å². The Bertz CT molecular complexity index is 375. The Hall–Kier alpha value is -1.06. The summed E-state index contributed by atoms with van der Waals surface area (Å²) in [6.45, 7) is 3.52. The van der Waals surface area contributed by atoms with Crippen molar-refractivity contribution < 1.29 is 9.47 Å². The Labute approximate surface area is 122 Å². The van der Waals surface area contributed by atoms with Crippen molar-refractivity contribution >= 4 is 0 Å². The summed E-state index contributed by atoms with van der Waals surface area (Å²) in [5.74, 6) is 1.78. The lowest BCUT2D eigenvalue weighted by molar-refractivity contribution is 0.121. The summed E-state index contributed by atoms with van der Waals surface area (Å²) in [6, 6.07) is 8.04. The molecule has 20 heavy (non-hydrogen) atoms. The van der Waals surface area contributed by atoms with E-state index in [4.69, 9.17) is 9.47 Å². The Morgan fingerprint density at radius 3 is 2.85 bits per heavy atom. The summed E-state index contributed by atoms with van der Waals surface area (Å²) in [5.41, 5.74) is 1.16. The Morgan fingerprint density at radius 1 is 1.20 bits per heavy atom. The van der Waals surface area contributed by atoms with E-state index in [1.807, 2.05) is 18.2 Å². The van der Waals surface area contributed by atoms with Crippen LogP contribution in [0.3, 0.4) is 0 Å². The van der Waals surface area contributed by atoms with Crippen molar-refractivity contribution in [2.45, 2.75) is 38.7 Å². The smallest absolute Gasteiger partial charge is 0.119 e. The van der Waals surface area contributed by atoms with Gasteiger partial charge in [-0.05, 0) is 43.0 Å². The number of nitrogens with one attached hydrogen (secondary N) is 1. The Kier molecular flexibility index (Phi) is 6.89. The van der Waals surface area contributed by atoms with Gasteiger partial charge in [0.05, 0.1) is 20.3 Å². The topological polar surface area (TPSA) is 30.5 Å². The fourth-order valence-electron chi connectivity index (χ4n) is 2.79. The van der Waals surface area contributed by atoms with Crippen LogP contribution in [0.25, 0.3) is 0 Å². The molecule has 0 aliphatic heterocycles. The number of rotatable bonds is 8. The molecule has 0 bridgehead atoms. The molecule has 0 atom stereocenters. The molecule has 2 rings (SSSR count). The van der Waals surface area contributed by atoms with Gasteiger partial charge in [0, 0.05) is 6.54 Å². The van der Waals surface area contributed by atoms with E-state index in [0.29, 0.717) is 6.61 Å². The minimum Gasteiger partial charge on any atom is -0.497 e. The first-order valence-electron chi connectivity index (χ1n) is 7.80. The molecule has 1 fully saturated rings. The second-order valence-corrected chi connectivity index (χ2v) is 5.61. The minimum absolute atomic E-state index is 0.655. The highest BCUT2D eigenvalue weighted by Gasteiger charge is 2.12. The number of ether oxygens (including phenoxy) is 2. The van der Waals surface area contributed by atoms with Gasteiger partial charge in [-0.2, -0.15) is 0 Å². The second kappa shape index (κ2) is 8.98. The van der Waals surface area contributed by atoms with E-state index >= 15 is 0 Å². The van der Waals surface area contributed by atoms with Crippen molar-refractivity contribution in [3.05, 3.63) is 29.8 Å². The highest BCUT2D eigenvalue weighted by atomic mass is 16.5. The van der Waals surface area contributed by atoms with Crippen molar-refractivity contribution in [1.29, 1.82) is 0 Å². The first-order chi connectivity index (χ1) is 9.88. The summed E-state index contributed by atoms with van der Waals surface area (Å²) in [6.07, 6.45) is 7.06. The normalized spacial score (nSPS) is 16.2. The molecule has 1 aromatic carbocycles. The first-order valence-corrected chi connectivity index (χ1v) is 7.80. The molecule has 3 heteroatoms. The molecule has 112 valence electrons. The van der Waals surface area contributed by atoms with Crippen LogP contribution in [0.2, 0.25) is 0 Å². The van der Waals surface area contributed by atoms with Crippen LogP contribution in [-0.4, -0.2) is 26.8 Å². The molecular formula is C17H27NO2. The minimum atomic E-state index is 0.655. The molecule has 0 amide bonds. The fourth-order valence-corrected chi connectivity index (χ4v) is 2.79. The molecule has 0 aromatic heterocycles. The maximum Gasteiger partial charge on any atom is 0.119 e. The Balaban J connectivity index is 1.52. The molecule has 0 spiro atoms. The fraction of sp³-hybridized carbons (Fsp3) is 0.647. The average molecular weight is 277 g/mol. The lowest BCUT2D eigenvalue weighted by atomic mass is 9.89. The maximum atomic E-state index is 5.69. The predicted octanol–water partition coefficient (Wildman–Crippen LogP) is 3.38. The van der Waals surface area contributed by atoms with E-state index in [1.165, 1.54) is 32.1 Å². The number of benzene rings is 1. The van der Waals surface area contributed by atoms with Crippen molar-refractivity contribution in [2.75, 3.05) is 26.8 Å². The molecule has 1 aliphatic rings. The lowest BCUT2D eigenvalue weighted by Gasteiger charge is -2.21. The van der Waals surface area contributed by atoms with Gasteiger partial charge >= 0.3 is 0 Å². The van der Waals surface area contributed by atoms with Gasteiger partial charge in [0.15, 0.2) is 0 Å². The van der Waals surface area contributed by atoms with Crippen LogP contribution in [0.15, 0.2) is 24.3 Å². The molecule has 0 unspecified atom stereocenters. The zero-order valence-electron chi connectivity index (χ0n) is 12.6. The molecular weight excluding hydrogens is 250 g/mol. The van der Waals surface area contributed by atoms with Gasteiger partial charge in [-0.15, -0.1) is 0 Å². The SMILES string of the molecule is COc1cccc(COCCNCC2CCCCC2)c1.